The Hall–Kier alpha value is -7.51. The van der Waals surface area contributed by atoms with Crippen molar-refractivity contribution in [3.8, 4) is 0 Å². The monoisotopic (exact) mass is 886 g/mol. The number of aryl methyl sites for hydroxylation is 1. The maximum absolute atomic E-state index is 13.6. The van der Waals surface area contributed by atoms with Crippen molar-refractivity contribution in [1.29, 1.82) is 0 Å². The molecule has 9 aromatic carbocycles. The maximum Gasteiger partial charge on any atom is 0.416 e. The first-order valence-corrected chi connectivity index (χ1v) is 22.7. The SMILES string of the molecule is Cc1ccc(N(c2ccc(C(C)(C)C)cc2)c2ccc3cc4c(cc3c2)oc2cc3c(cc24)oc2cc4cc(N(c5ccc(C(C)(C)C)cc5)c5ccc(C(F)(F)F)cc5)ccc4cc23)cc1. The number of alkyl halides is 3. The van der Waals surface area contributed by atoms with Crippen LogP contribution in [0.2, 0.25) is 0 Å². The highest BCUT2D eigenvalue weighted by atomic mass is 19.4. The van der Waals surface area contributed by atoms with Crippen molar-refractivity contribution in [1.82, 2.24) is 0 Å². The topological polar surface area (TPSA) is 32.8 Å². The second kappa shape index (κ2) is 15.3. The van der Waals surface area contributed by atoms with Crippen molar-refractivity contribution in [3.63, 3.8) is 0 Å². The smallest absolute Gasteiger partial charge is 0.416 e. The summed E-state index contributed by atoms with van der Waals surface area (Å²) in [6, 6.07) is 56.5. The van der Waals surface area contributed by atoms with E-state index in [0.29, 0.717) is 5.69 Å². The van der Waals surface area contributed by atoms with Crippen LogP contribution in [0.25, 0.3) is 65.4 Å². The minimum Gasteiger partial charge on any atom is -0.456 e. The van der Waals surface area contributed by atoms with E-state index < -0.39 is 11.7 Å². The third-order valence-electron chi connectivity index (χ3n) is 13.2. The molecular weight excluding hydrogens is 838 g/mol. The summed E-state index contributed by atoms with van der Waals surface area (Å²) in [5.74, 6) is 0. The number of hydrogen-bond donors (Lipinski definition) is 0. The molecule has 11 aromatic rings. The lowest BCUT2D eigenvalue weighted by atomic mass is 9.87. The summed E-state index contributed by atoms with van der Waals surface area (Å²) < 4.78 is 54.2. The van der Waals surface area contributed by atoms with Gasteiger partial charge >= 0.3 is 6.18 Å². The Balaban J connectivity index is 0.974. The van der Waals surface area contributed by atoms with Gasteiger partial charge in [0.05, 0.1) is 5.56 Å². The average Bonchev–Trinajstić information content (AvgIpc) is 3.82. The summed E-state index contributed by atoms with van der Waals surface area (Å²) in [6.45, 7) is 15.3. The highest BCUT2D eigenvalue weighted by Crippen LogP contribution is 2.44. The Labute approximate surface area is 387 Å². The molecule has 0 saturated carbocycles. The van der Waals surface area contributed by atoms with Gasteiger partial charge in [-0.25, -0.2) is 0 Å². The molecule has 0 aliphatic carbocycles. The van der Waals surface area contributed by atoms with Gasteiger partial charge in [-0.2, -0.15) is 13.2 Å². The van der Waals surface area contributed by atoms with Gasteiger partial charge in [0.1, 0.15) is 22.3 Å². The molecule has 0 fully saturated rings. The molecule has 2 heterocycles. The number of rotatable bonds is 6. The zero-order valence-corrected chi connectivity index (χ0v) is 38.5. The lowest BCUT2D eigenvalue weighted by Crippen LogP contribution is -2.13. The molecule has 0 saturated heterocycles. The molecule has 0 amide bonds. The van der Waals surface area contributed by atoms with Gasteiger partial charge in [0.2, 0.25) is 0 Å². The quantitative estimate of drug-likeness (QED) is 0.167. The van der Waals surface area contributed by atoms with Crippen LogP contribution < -0.4 is 9.80 Å². The van der Waals surface area contributed by atoms with Crippen LogP contribution in [0.5, 0.6) is 0 Å². The van der Waals surface area contributed by atoms with E-state index in [4.69, 9.17) is 8.83 Å². The van der Waals surface area contributed by atoms with E-state index in [-0.39, 0.29) is 10.8 Å². The standard InChI is InChI=1S/C60H49F3N2O2/c1-36-8-18-44(19-9-36)64(45-22-12-41(13-23-45)58(2,3)4)48-20-10-37-30-50-52-34-57-53(35-56(52)66-54(50)32-39(37)28-48)51-31-38-11-21-49(29-40(38)33-55(51)67-57)65(46-24-14-42(15-25-46)59(5,6)7)47-26-16-43(17-27-47)60(61,62)63/h8-35H,1-7H3. The fourth-order valence-corrected chi connectivity index (χ4v) is 9.39. The largest absolute Gasteiger partial charge is 0.456 e. The van der Waals surface area contributed by atoms with E-state index in [1.165, 1.54) is 23.3 Å². The summed E-state index contributed by atoms with van der Waals surface area (Å²) in [5.41, 5.74) is 11.5. The number of hydrogen-bond acceptors (Lipinski definition) is 4. The first-order chi connectivity index (χ1) is 31.9. The lowest BCUT2D eigenvalue weighted by molar-refractivity contribution is -0.137. The molecule has 2 aromatic heterocycles. The van der Waals surface area contributed by atoms with Crippen molar-refractivity contribution >= 4 is 99.5 Å². The first kappa shape index (κ1) is 42.1. The van der Waals surface area contributed by atoms with E-state index >= 15 is 0 Å². The third-order valence-corrected chi connectivity index (χ3v) is 13.2. The van der Waals surface area contributed by atoms with Crippen LogP contribution in [0.1, 0.15) is 63.8 Å². The Morgan fingerprint density at radius 3 is 1.00 bits per heavy atom. The van der Waals surface area contributed by atoms with Crippen molar-refractivity contribution < 1.29 is 22.0 Å². The highest BCUT2D eigenvalue weighted by Gasteiger charge is 2.30. The van der Waals surface area contributed by atoms with E-state index in [1.807, 2.05) is 29.2 Å². The predicted octanol–water partition coefficient (Wildman–Crippen LogP) is 18.7. The Morgan fingerprint density at radius 1 is 0.328 bits per heavy atom. The van der Waals surface area contributed by atoms with Gasteiger partial charge in [0.15, 0.2) is 0 Å². The van der Waals surface area contributed by atoms with Gasteiger partial charge in [0, 0.05) is 55.7 Å². The number of nitrogens with zero attached hydrogens (tertiary/aromatic N) is 2. The molecule has 0 atom stereocenters. The fourth-order valence-electron chi connectivity index (χ4n) is 9.39. The second-order valence-corrected chi connectivity index (χ2v) is 20.0. The highest BCUT2D eigenvalue weighted by molar-refractivity contribution is 6.18. The molecule has 7 heteroatoms. The van der Waals surface area contributed by atoms with Gasteiger partial charge < -0.3 is 18.6 Å². The molecule has 0 aliphatic rings. The number of halogens is 3. The fraction of sp³-hybridized carbons (Fsp3) is 0.167. The number of benzene rings is 9. The zero-order valence-electron chi connectivity index (χ0n) is 38.5. The van der Waals surface area contributed by atoms with Gasteiger partial charge in [-0.1, -0.05) is 95.6 Å². The third kappa shape index (κ3) is 7.62. The average molecular weight is 887 g/mol. The van der Waals surface area contributed by atoms with Gasteiger partial charge in [-0.05, 0) is 172 Å². The minimum absolute atomic E-state index is 0.0531. The maximum atomic E-state index is 13.6. The Morgan fingerprint density at radius 2 is 0.642 bits per heavy atom. The van der Waals surface area contributed by atoms with E-state index in [1.54, 1.807) is 0 Å². The van der Waals surface area contributed by atoms with E-state index in [0.717, 1.165) is 112 Å². The van der Waals surface area contributed by atoms with Crippen LogP contribution >= 0.6 is 0 Å². The van der Waals surface area contributed by atoms with Crippen LogP contribution in [0, 0.1) is 6.92 Å². The van der Waals surface area contributed by atoms with Crippen LogP contribution in [0.4, 0.5) is 47.3 Å². The van der Waals surface area contributed by atoms with Crippen LogP contribution in [-0.4, -0.2) is 0 Å². The summed E-state index contributed by atoms with van der Waals surface area (Å²) >= 11 is 0. The van der Waals surface area contributed by atoms with Crippen molar-refractivity contribution in [2.45, 2.75) is 65.5 Å². The zero-order chi connectivity index (χ0) is 46.6. The summed E-state index contributed by atoms with van der Waals surface area (Å²) in [4.78, 5) is 4.29. The van der Waals surface area contributed by atoms with Gasteiger partial charge in [-0.15, -0.1) is 0 Å². The molecular formula is C60H49F3N2O2. The lowest BCUT2D eigenvalue weighted by Gasteiger charge is -2.27. The molecule has 332 valence electrons. The van der Waals surface area contributed by atoms with Crippen LogP contribution in [0.15, 0.2) is 179 Å². The van der Waals surface area contributed by atoms with Crippen molar-refractivity contribution in [2.24, 2.45) is 0 Å². The number of anilines is 6. The number of furan rings is 2. The molecule has 0 N–H and O–H groups in total. The molecule has 0 aliphatic heterocycles. The summed E-state index contributed by atoms with van der Waals surface area (Å²) in [7, 11) is 0. The molecule has 0 spiro atoms. The second-order valence-electron chi connectivity index (χ2n) is 20.0. The summed E-state index contributed by atoms with van der Waals surface area (Å²) in [5, 5.41) is 8.04. The first-order valence-electron chi connectivity index (χ1n) is 22.7. The molecule has 11 rings (SSSR count). The van der Waals surface area contributed by atoms with Gasteiger partial charge in [-0.3, -0.25) is 0 Å². The van der Waals surface area contributed by atoms with E-state index in [9.17, 15) is 13.2 Å². The molecule has 0 bridgehead atoms. The predicted molar refractivity (Wildman–Crippen MR) is 273 cm³/mol. The normalized spacial score (nSPS) is 12.6. The Bertz CT molecular complexity index is 3620. The van der Waals surface area contributed by atoms with Crippen molar-refractivity contribution in [3.05, 3.63) is 192 Å². The molecule has 0 radical (unpaired) electrons. The van der Waals surface area contributed by atoms with Crippen molar-refractivity contribution in [2.75, 3.05) is 9.80 Å². The molecule has 0 unspecified atom stereocenters. The summed E-state index contributed by atoms with van der Waals surface area (Å²) in [6.07, 6.45) is -4.43. The van der Waals surface area contributed by atoms with E-state index in [2.05, 4.69) is 175 Å². The number of fused-ring (bicyclic) bond motifs is 8. The Kier molecular flexibility index (Phi) is 9.61. The van der Waals surface area contributed by atoms with Gasteiger partial charge in [0.25, 0.3) is 0 Å². The van der Waals surface area contributed by atoms with Crippen LogP contribution in [0.3, 0.4) is 0 Å². The van der Waals surface area contributed by atoms with Crippen LogP contribution in [-0.2, 0) is 17.0 Å². The molecule has 4 nitrogen and oxygen atoms in total. The molecule has 67 heavy (non-hydrogen) atoms. The minimum atomic E-state index is -4.43.